The zero-order chi connectivity index (χ0) is 20.4. The molecule has 148 valence electrons. The summed E-state index contributed by atoms with van der Waals surface area (Å²) in [6, 6.07) is 16.1. The summed E-state index contributed by atoms with van der Waals surface area (Å²) in [4.78, 5) is 16.7. The first kappa shape index (κ1) is 19.0. The summed E-state index contributed by atoms with van der Waals surface area (Å²) in [5.74, 6) is 0. The molecule has 29 heavy (non-hydrogen) atoms. The number of hydrogen-bond donors (Lipinski definition) is 2. The Balaban J connectivity index is 1.95. The van der Waals surface area contributed by atoms with Crippen LogP contribution in [0, 0.1) is 6.92 Å². The number of imidazole rings is 1. The SMILES string of the molecule is CCNCc1c(-c2ccccc2C)nc2c3cc(NC(=O)OC)ccc3ccn12. The van der Waals surface area contributed by atoms with E-state index in [9.17, 15) is 4.79 Å². The minimum atomic E-state index is -0.493. The molecule has 2 heterocycles. The van der Waals surface area contributed by atoms with Gasteiger partial charge in [0.05, 0.1) is 18.5 Å². The van der Waals surface area contributed by atoms with E-state index >= 15 is 0 Å². The van der Waals surface area contributed by atoms with E-state index in [2.05, 4.69) is 53.3 Å². The normalized spacial score (nSPS) is 11.1. The lowest BCUT2D eigenvalue weighted by molar-refractivity contribution is 0.187. The predicted octanol–water partition coefficient (Wildman–Crippen LogP) is 4.75. The second kappa shape index (κ2) is 7.93. The largest absolute Gasteiger partial charge is 0.453 e. The number of fused-ring (bicyclic) bond motifs is 3. The number of aryl methyl sites for hydroxylation is 1. The highest BCUT2D eigenvalue weighted by atomic mass is 16.5. The Morgan fingerprint density at radius 1 is 1.17 bits per heavy atom. The number of aromatic nitrogens is 2. The molecule has 4 aromatic rings. The van der Waals surface area contributed by atoms with Crippen LogP contribution < -0.4 is 10.6 Å². The summed E-state index contributed by atoms with van der Waals surface area (Å²) in [5.41, 5.74) is 5.94. The van der Waals surface area contributed by atoms with E-state index in [1.807, 2.05) is 30.3 Å². The standard InChI is InChI=1S/C23H24N4O2/c1-4-24-14-20-21(18-8-6-5-7-15(18)2)26-22-19-13-17(25-23(28)29-3)10-9-16(19)11-12-27(20)22/h5-13,24H,4,14H2,1-3H3,(H,25,28). The first-order chi connectivity index (χ1) is 14.1. The van der Waals surface area contributed by atoms with Crippen LogP contribution in [0.2, 0.25) is 0 Å². The number of pyridine rings is 1. The van der Waals surface area contributed by atoms with E-state index in [0.717, 1.165) is 39.9 Å². The summed E-state index contributed by atoms with van der Waals surface area (Å²) in [7, 11) is 1.35. The molecule has 1 amide bonds. The highest BCUT2D eigenvalue weighted by molar-refractivity contribution is 5.99. The van der Waals surface area contributed by atoms with Gasteiger partial charge in [0.2, 0.25) is 0 Å². The molecule has 0 unspecified atom stereocenters. The lowest BCUT2D eigenvalue weighted by Crippen LogP contribution is -2.14. The van der Waals surface area contributed by atoms with Crippen LogP contribution >= 0.6 is 0 Å². The van der Waals surface area contributed by atoms with Crippen molar-refractivity contribution in [2.75, 3.05) is 19.0 Å². The van der Waals surface area contributed by atoms with E-state index in [4.69, 9.17) is 9.72 Å². The molecule has 0 fully saturated rings. The molecule has 0 aliphatic rings. The van der Waals surface area contributed by atoms with Crippen molar-refractivity contribution in [2.24, 2.45) is 0 Å². The van der Waals surface area contributed by atoms with E-state index in [-0.39, 0.29) is 0 Å². The molecule has 2 aromatic heterocycles. The van der Waals surface area contributed by atoms with E-state index < -0.39 is 6.09 Å². The van der Waals surface area contributed by atoms with Gasteiger partial charge in [-0.25, -0.2) is 9.78 Å². The monoisotopic (exact) mass is 388 g/mol. The predicted molar refractivity (Wildman–Crippen MR) is 116 cm³/mol. The number of amides is 1. The highest BCUT2D eigenvalue weighted by Crippen LogP contribution is 2.31. The molecule has 0 bridgehead atoms. The molecule has 0 saturated carbocycles. The number of nitrogens with zero attached hydrogens (tertiary/aromatic N) is 2. The van der Waals surface area contributed by atoms with Crippen LogP contribution in [0.4, 0.5) is 10.5 Å². The Bertz CT molecular complexity index is 1200. The number of rotatable bonds is 5. The molecule has 4 rings (SSSR count). The number of carbonyl (C=O) groups excluding carboxylic acids is 1. The van der Waals surface area contributed by atoms with Crippen molar-refractivity contribution in [3.8, 4) is 11.3 Å². The fraction of sp³-hybridized carbons (Fsp3) is 0.217. The third-order valence-corrected chi connectivity index (χ3v) is 5.08. The van der Waals surface area contributed by atoms with Crippen molar-refractivity contribution in [1.82, 2.24) is 14.7 Å². The van der Waals surface area contributed by atoms with Gasteiger partial charge in [-0.15, -0.1) is 0 Å². The van der Waals surface area contributed by atoms with Gasteiger partial charge >= 0.3 is 6.09 Å². The second-order valence-corrected chi connectivity index (χ2v) is 6.93. The summed E-state index contributed by atoms with van der Waals surface area (Å²) in [6.07, 6.45) is 1.57. The smallest absolute Gasteiger partial charge is 0.411 e. The number of nitrogens with one attached hydrogen (secondary N) is 2. The molecular formula is C23H24N4O2. The Morgan fingerprint density at radius 3 is 2.76 bits per heavy atom. The summed E-state index contributed by atoms with van der Waals surface area (Å²) >= 11 is 0. The van der Waals surface area contributed by atoms with Gasteiger partial charge in [-0.1, -0.05) is 37.3 Å². The fourth-order valence-corrected chi connectivity index (χ4v) is 3.58. The van der Waals surface area contributed by atoms with Crippen LogP contribution in [0.5, 0.6) is 0 Å². The van der Waals surface area contributed by atoms with Gasteiger partial charge in [-0.2, -0.15) is 0 Å². The van der Waals surface area contributed by atoms with Crippen molar-refractivity contribution in [3.05, 3.63) is 66.0 Å². The molecule has 6 heteroatoms. The Labute approximate surface area is 169 Å². The summed E-state index contributed by atoms with van der Waals surface area (Å²) < 4.78 is 6.85. The first-order valence-electron chi connectivity index (χ1n) is 9.67. The number of benzene rings is 2. The van der Waals surface area contributed by atoms with Crippen LogP contribution in [0.15, 0.2) is 54.7 Å². The molecule has 6 nitrogen and oxygen atoms in total. The van der Waals surface area contributed by atoms with Gasteiger partial charge in [0.1, 0.15) is 5.65 Å². The van der Waals surface area contributed by atoms with Crippen molar-refractivity contribution < 1.29 is 9.53 Å². The minimum Gasteiger partial charge on any atom is -0.453 e. The molecule has 0 saturated heterocycles. The topological polar surface area (TPSA) is 67.7 Å². The molecular weight excluding hydrogens is 364 g/mol. The summed E-state index contributed by atoms with van der Waals surface area (Å²) in [6.45, 7) is 5.79. The molecule has 2 aromatic carbocycles. The quantitative estimate of drug-likeness (QED) is 0.518. The molecule has 0 radical (unpaired) electrons. The number of ether oxygens (including phenoxy) is 1. The van der Waals surface area contributed by atoms with Crippen molar-refractivity contribution >= 4 is 28.2 Å². The second-order valence-electron chi connectivity index (χ2n) is 6.93. The number of methoxy groups -OCH3 is 1. The number of hydrogen-bond acceptors (Lipinski definition) is 4. The van der Waals surface area contributed by atoms with E-state index in [1.54, 1.807) is 0 Å². The first-order valence-corrected chi connectivity index (χ1v) is 9.67. The van der Waals surface area contributed by atoms with Gasteiger partial charge in [0.15, 0.2) is 0 Å². The van der Waals surface area contributed by atoms with Crippen LogP contribution in [-0.4, -0.2) is 29.1 Å². The Hall–Kier alpha value is -3.38. The molecule has 2 N–H and O–H groups in total. The van der Waals surface area contributed by atoms with Gasteiger partial charge in [-0.05, 0) is 42.6 Å². The van der Waals surface area contributed by atoms with Gasteiger partial charge < -0.3 is 14.5 Å². The van der Waals surface area contributed by atoms with Crippen molar-refractivity contribution in [3.63, 3.8) is 0 Å². The minimum absolute atomic E-state index is 0.493. The van der Waals surface area contributed by atoms with Gasteiger partial charge in [0, 0.05) is 29.4 Å². The third-order valence-electron chi connectivity index (χ3n) is 5.08. The molecule has 0 aliphatic heterocycles. The van der Waals surface area contributed by atoms with Gasteiger partial charge in [0.25, 0.3) is 0 Å². The maximum atomic E-state index is 11.6. The van der Waals surface area contributed by atoms with Crippen LogP contribution in [0.3, 0.4) is 0 Å². The Morgan fingerprint density at radius 2 is 2.00 bits per heavy atom. The molecule has 0 aliphatic carbocycles. The van der Waals surface area contributed by atoms with Crippen LogP contribution in [-0.2, 0) is 11.3 Å². The number of carbonyl (C=O) groups is 1. The average Bonchev–Trinajstić information content (AvgIpc) is 3.11. The molecule has 0 atom stereocenters. The van der Waals surface area contributed by atoms with Gasteiger partial charge in [-0.3, -0.25) is 5.32 Å². The van der Waals surface area contributed by atoms with Crippen LogP contribution in [0.25, 0.3) is 27.7 Å². The van der Waals surface area contributed by atoms with Crippen molar-refractivity contribution in [1.29, 1.82) is 0 Å². The maximum Gasteiger partial charge on any atom is 0.411 e. The van der Waals surface area contributed by atoms with E-state index in [1.165, 1.54) is 12.7 Å². The van der Waals surface area contributed by atoms with Crippen LogP contribution in [0.1, 0.15) is 18.2 Å². The highest BCUT2D eigenvalue weighted by Gasteiger charge is 2.17. The third kappa shape index (κ3) is 3.54. The zero-order valence-corrected chi connectivity index (χ0v) is 16.8. The van der Waals surface area contributed by atoms with Crippen molar-refractivity contribution in [2.45, 2.75) is 20.4 Å². The van der Waals surface area contributed by atoms with E-state index in [0.29, 0.717) is 12.2 Å². The molecule has 0 spiro atoms. The summed E-state index contributed by atoms with van der Waals surface area (Å²) in [5, 5.41) is 8.20. The fourth-order valence-electron chi connectivity index (χ4n) is 3.58. The average molecular weight is 388 g/mol. The lowest BCUT2D eigenvalue weighted by Gasteiger charge is -2.09. The zero-order valence-electron chi connectivity index (χ0n) is 16.8. The number of anilines is 1. The Kier molecular flexibility index (Phi) is 5.18. The maximum absolute atomic E-state index is 11.6. The lowest BCUT2D eigenvalue weighted by atomic mass is 10.0.